The summed E-state index contributed by atoms with van der Waals surface area (Å²) in [6.45, 7) is 2.07. The number of hydrogen-bond acceptors (Lipinski definition) is 1. The Hall–Kier alpha value is -0.250. The fourth-order valence-electron chi connectivity index (χ4n) is 0.977. The van der Waals surface area contributed by atoms with Crippen molar-refractivity contribution in [3.05, 3.63) is 29.1 Å². The Balaban J connectivity index is 3.08. The molecule has 1 heterocycles. The third kappa shape index (κ3) is 2.59. The molecule has 0 spiro atoms. The lowest BCUT2D eigenvalue weighted by atomic mass is 10.3. The van der Waals surface area contributed by atoms with Crippen LogP contribution in [0.25, 0.3) is 6.08 Å². The van der Waals surface area contributed by atoms with Crippen molar-refractivity contribution in [1.82, 2.24) is 4.57 Å². The molecule has 0 amide bonds. The predicted molar refractivity (Wildman–Crippen MR) is 65.7 cm³/mol. The highest BCUT2D eigenvalue weighted by molar-refractivity contribution is 8.11. The first-order chi connectivity index (χ1) is 6.16. The molecule has 70 valence electrons. The largest absolute Gasteiger partial charge is 0.301 e. The highest BCUT2D eigenvalue weighted by Crippen LogP contribution is 2.19. The number of allylic oxidation sites excluding steroid dienone is 1. The molecular weight excluding hydrogens is 222 g/mol. The van der Waals surface area contributed by atoms with Gasteiger partial charge >= 0.3 is 0 Å². The van der Waals surface area contributed by atoms with E-state index in [0.717, 1.165) is 12.1 Å². The molecule has 4 heteroatoms. The van der Waals surface area contributed by atoms with E-state index in [0.29, 0.717) is 9.34 Å². The zero-order chi connectivity index (χ0) is 9.84. The topological polar surface area (TPSA) is 4.93 Å². The molecule has 1 aromatic heterocycles. The minimum Gasteiger partial charge on any atom is -0.301 e. The Morgan fingerprint density at radius 1 is 1.77 bits per heavy atom. The number of hydrogen-bond donors (Lipinski definition) is 1. The number of thiol groups is 1. The molecule has 0 aromatic carbocycles. The van der Waals surface area contributed by atoms with E-state index in [1.807, 2.05) is 18.3 Å². The summed E-state index contributed by atoms with van der Waals surface area (Å²) in [7, 11) is 0. The lowest BCUT2D eigenvalue weighted by Gasteiger charge is -2.01. The van der Waals surface area contributed by atoms with Crippen LogP contribution >= 0.6 is 36.4 Å². The second kappa shape index (κ2) is 4.84. The molecule has 0 unspecified atom stereocenters. The first-order valence-corrected chi connectivity index (χ1v) is 5.16. The zero-order valence-electron chi connectivity index (χ0n) is 7.20. The second-order valence-electron chi connectivity index (χ2n) is 2.51. The minimum absolute atomic E-state index is 0.502. The summed E-state index contributed by atoms with van der Waals surface area (Å²) in [6.07, 6.45) is 6.77. The van der Waals surface area contributed by atoms with Crippen molar-refractivity contribution in [2.75, 3.05) is 0 Å². The number of nitrogens with zero attached hydrogens (tertiary/aromatic N) is 1. The summed E-state index contributed by atoms with van der Waals surface area (Å²) in [5.74, 6) is 0. The van der Waals surface area contributed by atoms with Gasteiger partial charge in [-0.2, -0.15) is 0 Å². The van der Waals surface area contributed by atoms with Gasteiger partial charge in [-0.25, -0.2) is 0 Å². The molecule has 0 saturated carbocycles. The molecule has 0 bridgehead atoms. The van der Waals surface area contributed by atoms with Gasteiger partial charge in [0.25, 0.3) is 0 Å². The highest BCUT2D eigenvalue weighted by Gasteiger charge is 2.04. The molecule has 1 rings (SSSR count). The first kappa shape index (κ1) is 10.8. The van der Waals surface area contributed by atoms with E-state index in [1.165, 1.54) is 0 Å². The smallest absolute Gasteiger partial charge is 0.141 e. The summed E-state index contributed by atoms with van der Waals surface area (Å²) < 4.78 is 2.27. The van der Waals surface area contributed by atoms with Crippen LogP contribution in [0.5, 0.6) is 0 Å². The summed E-state index contributed by atoms with van der Waals surface area (Å²) in [5, 5.41) is 0.695. The molecule has 0 N–H and O–H groups in total. The standard InChI is InChI=1S/C9H10ClNS2/c1-2-3-4-8-7(10)5-6-11(8)9(12)13/h3-6H,2H2,1H3,(H,12,13). The highest BCUT2D eigenvalue weighted by atomic mass is 35.5. The van der Waals surface area contributed by atoms with Gasteiger partial charge in [0.2, 0.25) is 0 Å². The van der Waals surface area contributed by atoms with Gasteiger partial charge in [-0.1, -0.05) is 36.8 Å². The van der Waals surface area contributed by atoms with Crippen molar-refractivity contribution in [3.63, 3.8) is 0 Å². The molecule has 0 aliphatic rings. The van der Waals surface area contributed by atoms with E-state index in [9.17, 15) is 0 Å². The quantitative estimate of drug-likeness (QED) is 0.602. The van der Waals surface area contributed by atoms with Gasteiger partial charge < -0.3 is 4.57 Å². The lowest BCUT2D eigenvalue weighted by molar-refractivity contribution is 1.18. The van der Waals surface area contributed by atoms with Gasteiger partial charge in [0.1, 0.15) is 4.32 Å². The van der Waals surface area contributed by atoms with Crippen molar-refractivity contribution in [2.24, 2.45) is 0 Å². The third-order valence-electron chi connectivity index (χ3n) is 1.59. The van der Waals surface area contributed by atoms with Gasteiger partial charge in [-0.05, 0) is 18.6 Å². The predicted octanol–water partition coefficient (Wildman–Crippen LogP) is 3.63. The molecule has 0 atom stereocenters. The van der Waals surface area contributed by atoms with Crippen LogP contribution in [0.2, 0.25) is 5.02 Å². The van der Waals surface area contributed by atoms with Crippen molar-refractivity contribution >= 4 is 46.8 Å². The van der Waals surface area contributed by atoms with Gasteiger partial charge in [0.05, 0.1) is 10.7 Å². The van der Waals surface area contributed by atoms with Crippen LogP contribution in [0.3, 0.4) is 0 Å². The Labute approximate surface area is 93.8 Å². The fraction of sp³-hybridized carbons (Fsp3) is 0.222. The average Bonchev–Trinajstić information content (AvgIpc) is 2.43. The Morgan fingerprint density at radius 2 is 2.46 bits per heavy atom. The average molecular weight is 232 g/mol. The van der Waals surface area contributed by atoms with Crippen LogP contribution in [-0.4, -0.2) is 8.89 Å². The van der Waals surface area contributed by atoms with Gasteiger partial charge in [0, 0.05) is 6.20 Å². The number of halogens is 1. The molecule has 0 saturated heterocycles. The Kier molecular flexibility index (Phi) is 4.03. The number of rotatable bonds is 2. The van der Waals surface area contributed by atoms with Gasteiger partial charge in [-0.3, -0.25) is 0 Å². The molecular formula is C9H10ClNS2. The van der Waals surface area contributed by atoms with E-state index in [-0.39, 0.29) is 0 Å². The normalized spacial score (nSPS) is 11.0. The summed E-state index contributed by atoms with van der Waals surface area (Å²) >= 11 is 15.0. The maximum absolute atomic E-state index is 5.96. The first-order valence-electron chi connectivity index (χ1n) is 3.93. The minimum atomic E-state index is 0.502. The summed E-state index contributed by atoms with van der Waals surface area (Å²) in [6, 6.07) is 1.80. The van der Waals surface area contributed by atoms with Crippen LogP contribution in [0.1, 0.15) is 19.0 Å². The fourth-order valence-corrected chi connectivity index (χ4v) is 1.52. The zero-order valence-corrected chi connectivity index (χ0v) is 9.66. The van der Waals surface area contributed by atoms with E-state index in [4.69, 9.17) is 23.8 Å². The molecule has 0 radical (unpaired) electrons. The SMILES string of the molecule is CCC=Cc1c(Cl)ccn1C(=S)S. The molecule has 1 aromatic rings. The maximum atomic E-state index is 5.96. The third-order valence-corrected chi connectivity index (χ3v) is 2.32. The van der Waals surface area contributed by atoms with E-state index < -0.39 is 0 Å². The monoisotopic (exact) mass is 231 g/mol. The van der Waals surface area contributed by atoms with E-state index >= 15 is 0 Å². The lowest BCUT2D eigenvalue weighted by Crippen LogP contribution is -2.01. The van der Waals surface area contributed by atoms with Crippen LogP contribution in [-0.2, 0) is 0 Å². The van der Waals surface area contributed by atoms with Crippen molar-refractivity contribution in [1.29, 1.82) is 0 Å². The molecule has 0 fully saturated rings. The number of aromatic nitrogens is 1. The van der Waals surface area contributed by atoms with Crippen LogP contribution in [0.15, 0.2) is 18.3 Å². The van der Waals surface area contributed by atoms with Gasteiger partial charge in [0.15, 0.2) is 0 Å². The van der Waals surface area contributed by atoms with Crippen molar-refractivity contribution < 1.29 is 0 Å². The second-order valence-corrected chi connectivity index (χ2v) is 4.03. The molecule has 1 nitrogen and oxygen atoms in total. The van der Waals surface area contributed by atoms with Crippen LogP contribution in [0.4, 0.5) is 0 Å². The maximum Gasteiger partial charge on any atom is 0.141 e. The molecule has 0 aliphatic heterocycles. The Bertz CT molecular complexity index is 341. The number of thiocarbonyl (C=S) groups is 1. The van der Waals surface area contributed by atoms with E-state index in [1.54, 1.807) is 10.6 Å². The van der Waals surface area contributed by atoms with Crippen LogP contribution in [0, 0.1) is 0 Å². The molecule has 13 heavy (non-hydrogen) atoms. The van der Waals surface area contributed by atoms with Gasteiger partial charge in [-0.15, -0.1) is 12.6 Å². The van der Waals surface area contributed by atoms with Crippen LogP contribution < -0.4 is 0 Å². The van der Waals surface area contributed by atoms with Crippen molar-refractivity contribution in [2.45, 2.75) is 13.3 Å². The van der Waals surface area contributed by atoms with E-state index in [2.05, 4.69) is 19.6 Å². The summed E-state index contributed by atoms with van der Waals surface area (Å²) in [4.78, 5) is 0. The van der Waals surface area contributed by atoms with Crippen molar-refractivity contribution in [3.8, 4) is 0 Å². The molecule has 0 aliphatic carbocycles. The Morgan fingerprint density at radius 3 is 3.00 bits per heavy atom. The summed E-state index contributed by atoms with van der Waals surface area (Å²) in [5.41, 5.74) is 0.892.